The lowest BCUT2D eigenvalue weighted by Crippen LogP contribution is -2.15. The number of nitro groups is 1. The number of hydrogen-bond donors (Lipinski definition) is 2. The number of rotatable bonds is 4. The van der Waals surface area contributed by atoms with Gasteiger partial charge < -0.3 is 10.9 Å². The highest BCUT2D eigenvalue weighted by molar-refractivity contribution is 8.00. The summed E-state index contributed by atoms with van der Waals surface area (Å²) in [7, 11) is 0. The maximum Gasteiger partial charge on any atom is 0.270 e. The molecule has 6 nitrogen and oxygen atoms in total. The zero-order chi connectivity index (χ0) is 13.8. The molecule has 0 spiro atoms. The van der Waals surface area contributed by atoms with Crippen molar-refractivity contribution in [2.45, 2.75) is 35.8 Å². The molecular formula is C12H15N3O3S. The fraction of sp³-hybridized carbons (Fsp3) is 0.417. The van der Waals surface area contributed by atoms with E-state index in [-0.39, 0.29) is 11.5 Å². The third kappa shape index (κ3) is 3.17. The van der Waals surface area contributed by atoms with Crippen molar-refractivity contribution in [2.75, 3.05) is 0 Å². The van der Waals surface area contributed by atoms with Crippen molar-refractivity contribution in [3.63, 3.8) is 0 Å². The molecule has 7 heteroatoms. The van der Waals surface area contributed by atoms with E-state index >= 15 is 0 Å². The summed E-state index contributed by atoms with van der Waals surface area (Å²) in [6.45, 7) is 0. The Morgan fingerprint density at radius 2 is 2.16 bits per heavy atom. The Labute approximate surface area is 114 Å². The minimum atomic E-state index is -0.488. The molecule has 0 unspecified atom stereocenters. The molecule has 0 aliphatic heterocycles. The van der Waals surface area contributed by atoms with Gasteiger partial charge >= 0.3 is 0 Å². The molecule has 1 fully saturated rings. The van der Waals surface area contributed by atoms with Crippen LogP contribution in [0.25, 0.3) is 0 Å². The van der Waals surface area contributed by atoms with E-state index in [0.717, 1.165) is 17.7 Å². The Kier molecular flexibility index (Phi) is 4.26. The van der Waals surface area contributed by atoms with Crippen LogP contribution in [0.2, 0.25) is 0 Å². The smallest absolute Gasteiger partial charge is 0.270 e. The molecule has 19 heavy (non-hydrogen) atoms. The van der Waals surface area contributed by atoms with Gasteiger partial charge in [-0.15, -0.1) is 11.8 Å². The van der Waals surface area contributed by atoms with Crippen molar-refractivity contribution in [1.29, 1.82) is 0 Å². The van der Waals surface area contributed by atoms with Gasteiger partial charge in [-0.2, -0.15) is 0 Å². The van der Waals surface area contributed by atoms with Crippen LogP contribution in [0.3, 0.4) is 0 Å². The summed E-state index contributed by atoms with van der Waals surface area (Å²) in [5, 5.41) is 23.0. The fourth-order valence-corrected chi connectivity index (χ4v) is 3.54. The summed E-state index contributed by atoms with van der Waals surface area (Å²) >= 11 is 1.65. The van der Waals surface area contributed by atoms with Gasteiger partial charge in [0.1, 0.15) is 0 Å². The molecule has 0 heterocycles. The molecule has 1 aromatic rings. The zero-order valence-corrected chi connectivity index (χ0v) is 11.1. The lowest BCUT2D eigenvalue weighted by molar-refractivity contribution is -0.384. The number of nitrogens with zero attached hydrogens (tertiary/aromatic N) is 2. The zero-order valence-electron chi connectivity index (χ0n) is 10.3. The molecule has 1 aromatic carbocycles. The van der Waals surface area contributed by atoms with Gasteiger partial charge in [-0.1, -0.05) is 18.0 Å². The van der Waals surface area contributed by atoms with Crippen molar-refractivity contribution in [3.05, 3.63) is 33.9 Å². The number of nitro benzene ring substituents is 1. The molecular weight excluding hydrogens is 266 g/mol. The molecule has 0 atom stereocenters. The first kappa shape index (κ1) is 13.7. The number of benzene rings is 1. The maximum atomic E-state index is 10.8. The van der Waals surface area contributed by atoms with Crippen molar-refractivity contribution >= 4 is 23.3 Å². The molecule has 1 saturated carbocycles. The number of amidine groups is 1. The van der Waals surface area contributed by atoms with E-state index < -0.39 is 4.92 Å². The molecule has 0 radical (unpaired) electrons. The van der Waals surface area contributed by atoms with Crippen molar-refractivity contribution in [2.24, 2.45) is 10.9 Å². The SMILES string of the molecule is NC(=NO)c1cc([N+](=O)[O-])ccc1SC1CCCC1. The van der Waals surface area contributed by atoms with Crippen LogP contribution in [-0.2, 0) is 0 Å². The molecule has 0 bridgehead atoms. The number of oxime groups is 1. The molecule has 3 N–H and O–H groups in total. The predicted molar refractivity (Wildman–Crippen MR) is 73.7 cm³/mol. The van der Waals surface area contributed by atoms with Crippen LogP contribution in [0.5, 0.6) is 0 Å². The van der Waals surface area contributed by atoms with Crippen LogP contribution in [0.1, 0.15) is 31.2 Å². The lowest BCUT2D eigenvalue weighted by atomic mass is 10.2. The number of thioether (sulfide) groups is 1. The second-order valence-electron chi connectivity index (χ2n) is 4.45. The van der Waals surface area contributed by atoms with Crippen molar-refractivity contribution in [1.82, 2.24) is 0 Å². The average Bonchev–Trinajstić information content (AvgIpc) is 2.91. The Hall–Kier alpha value is -1.76. The van der Waals surface area contributed by atoms with Crippen LogP contribution >= 0.6 is 11.8 Å². The van der Waals surface area contributed by atoms with E-state index in [1.165, 1.54) is 25.0 Å². The van der Waals surface area contributed by atoms with E-state index in [2.05, 4.69) is 5.16 Å². The molecule has 0 saturated heterocycles. The first-order valence-electron chi connectivity index (χ1n) is 6.05. The van der Waals surface area contributed by atoms with Gasteiger partial charge in [0, 0.05) is 27.8 Å². The van der Waals surface area contributed by atoms with Gasteiger partial charge in [-0.3, -0.25) is 10.1 Å². The number of nitrogens with two attached hydrogens (primary N) is 1. The van der Waals surface area contributed by atoms with E-state index in [9.17, 15) is 10.1 Å². The first-order valence-corrected chi connectivity index (χ1v) is 6.93. The Morgan fingerprint density at radius 3 is 2.74 bits per heavy atom. The maximum absolute atomic E-state index is 10.8. The summed E-state index contributed by atoms with van der Waals surface area (Å²) < 4.78 is 0. The van der Waals surface area contributed by atoms with Gasteiger partial charge in [0.05, 0.1) is 4.92 Å². The van der Waals surface area contributed by atoms with Crippen molar-refractivity contribution in [3.8, 4) is 0 Å². The highest BCUT2D eigenvalue weighted by atomic mass is 32.2. The predicted octanol–water partition coefficient (Wildman–Crippen LogP) is 2.72. The third-order valence-corrected chi connectivity index (χ3v) is 4.57. The number of hydrogen-bond acceptors (Lipinski definition) is 5. The van der Waals surface area contributed by atoms with E-state index in [4.69, 9.17) is 10.9 Å². The molecule has 1 aliphatic rings. The van der Waals surface area contributed by atoms with Gasteiger partial charge in [0.2, 0.25) is 0 Å². The fourth-order valence-electron chi connectivity index (χ4n) is 2.17. The summed E-state index contributed by atoms with van der Waals surface area (Å²) in [6.07, 6.45) is 4.70. The standard InChI is InChI=1S/C12H15N3O3S/c13-12(14-16)10-7-8(15(17)18)5-6-11(10)19-9-3-1-2-4-9/h5-7,9,16H,1-4H2,(H2,13,14). The Morgan fingerprint density at radius 1 is 1.47 bits per heavy atom. The summed E-state index contributed by atoms with van der Waals surface area (Å²) in [5.74, 6) is -0.0933. The molecule has 0 aromatic heterocycles. The highest BCUT2D eigenvalue weighted by Crippen LogP contribution is 2.37. The average molecular weight is 281 g/mol. The monoisotopic (exact) mass is 281 g/mol. The normalized spacial score (nSPS) is 16.7. The largest absolute Gasteiger partial charge is 0.409 e. The molecule has 102 valence electrons. The topological polar surface area (TPSA) is 102 Å². The van der Waals surface area contributed by atoms with Gasteiger partial charge in [-0.25, -0.2) is 0 Å². The Balaban J connectivity index is 2.32. The van der Waals surface area contributed by atoms with Crippen LogP contribution in [-0.4, -0.2) is 21.2 Å². The second kappa shape index (κ2) is 5.92. The van der Waals surface area contributed by atoms with Crippen LogP contribution < -0.4 is 5.73 Å². The Bertz CT molecular complexity index is 513. The van der Waals surface area contributed by atoms with E-state index in [1.54, 1.807) is 17.8 Å². The minimum absolute atomic E-state index is 0.0580. The van der Waals surface area contributed by atoms with Crippen LogP contribution in [0, 0.1) is 10.1 Å². The summed E-state index contributed by atoms with van der Waals surface area (Å²) in [6, 6.07) is 4.48. The lowest BCUT2D eigenvalue weighted by Gasteiger charge is -2.12. The summed E-state index contributed by atoms with van der Waals surface area (Å²) in [4.78, 5) is 11.1. The van der Waals surface area contributed by atoms with Crippen LogP contribution in [0.4, 0.5) is 5.69 Å². The van der Waals surface area contributed by atoms with Gasteiger partial charge in [0.15, 0.2) is 5.84 Å². The second-order valence-corrected chi connectivity index (χ2v) is 5.79. The van der Waals surface area contributed by atoms with Gasteiger partial charge in [0.25, 0.3) is 5.69 Å². The number of non-ortho nitro benzene ring substituents is 1. The highest BCUT2D eigenvalue weighted by Gasteiger charge is 2.20. The minimum Gasteiger partial charge on any atom is -0.409 e. The molecule has 0 amide bonds. The van der Waals surface area contributed by atoms with Crippen LogP contribution in [0.15, 0.2) is 28.3 Å². The van der Waals surface area contributed by atoms with Gasteiger partial charge in [-0.05, 0) is 18.9 Å². The third-order valence-electron chi connectivity index (χ3n) is 3.15. The molecule has 1 aliphatic carbocycles. The van der Waals surface area contributed by atoms with E-state index in [0.29, 0.717) is 10.8 Å². The first-order chi connectivity index (χ1) is 9.11. The van der Waals surface area contributed by atoms with E-state index in [1.807, 2.05) is 0 Å². The molecule has 2 rings (SSSR count). The quantitative estimate of drug-likeness (QED) is 0.290. The summed E-state index contributed by atoms with van der Waals surface area (Å²) in [5.41, 5.74) is 5.97. The van der Waals surface area contributed by atoms with Crippen molar-refractivity contribution < 1.29 is 10.1 Å².